The van der Waals surface area contributed by atoms with E-state index in [9.17, 15) is 4.79 Å². The second-order valence-corrected chi connectivity index (χ2v) is 5.80. The molecule has 0 radical (unpaired) electrons. The van der Waals surface area contributed by atoms with Crippen molar-refractivity contribution in [2.75, 3.05) is 7.11 Å². The molecule has 16 heavy (non-hydrogen) atoms. The molecule has 0 aliphatic rings. The molecule has 0 aliphatic carbocycles. The van der Waals surface area contributed by atoms with Crippen molar-refractivity contribution in [2.24, 2.45) is 0 Å². The third kappa shape index (κ3) is 2.01. The highest BCUT2D eigenvalue weighted by atomic mass is 32.1. The van der Waals surface area contributed by atoms with Crippen molar-refractivity contribution >= 4 is 28.6 Å². The largest absolute Gasteiger partial charge is 0.464 e. The molecule has 3 nitrogen and oxygen atoms in total. The van der Waals surface area contributed by atoms with Crippen molar-refractivity contribution in [1.82, 2.24) is 4.98 Å². The van der Waals surface area contributed by atoms with E-state index in [4.69, 9.17) is 4.74 Å². The predicted octanol–water partition coefficient (Wildman–Crippen LogP) is 3.28. The molecule has 0 spiro atoms. The van der Waals surface area contributed by atoms with Gasteiger partial charge in [-0.05, 0) is 26.0 Å². The number of aromatic nitrogens is 1. The first-order valence-electron chi connectivity index (χ1n) is 4.74. The quantitative estimate of drug-likeness (QED) is 0.771. The van der Waals surface area contributed by atoms with Crippen molar-refractivity contribution in [3.8, 4) is 9.75 Å². The number of esters is 1. The van der Waals surface area contributed by atoms with Gasteiger partial charge in [-0.3, -0.25) is 0 Å². The zero-order valence-corrected chi connectivity index (χ0v) is 10.9. The van der Waals surface area contributed by atoms with Crippen molar-refractivity contribution in [1.29, 1.82) is 0 Å². The minimum absolute atomic E-state index is 0.370. The van der Waals surface area contributed by atoms with Crippen LogP contribution in [0.15, 0.2) is 12.1 Å². The fourth-order valence-electron chi connectivity index (χ4n) is 1.39. The van der Waals surface area contributed by atoms with Gasteiger partial charge in [0.05, 0.1) is 17.0 Å². The summed E-state index contributed by atoms with van der Waals surface area (Å²) in [4.78, 5) is 19.0. The van der Waals surface area contributed by atoms with Crippen molar-refractivity contribution in [3.05, 3.63) is 27.7 Å². The lowest BCUT2D eigenvalue weighted by Crippen LogP contribution is -2.02. The normalized spacial score (nSPS) is 10.4. The Hall–Kier alpha value is -1.20. The third-order valence-electron chi connectivity index (χ3n) is 2.08. The lowest BCUT2D eigenvalue weighted by Gasteiger charge is -1.97. The molecule has 0 amide bonds. The first-order valence-corrected chi connectivity index (χ1v) is 6.37. The first-order chi connectivity index (χ1) is 7.61. The Morgan fingerprint density at radius 3 is 2.62 bits per heavy atom. The van der Waals surface area contributed by atoms with Crippen LogP contribution in [0.25, 0.3) is 9.75 Å². The van der Waals surface area contributed by atoms with Crippen LogP contribution in [0.1, 0.15) is 20.4 Å². The summed E-state index contributed by atoms with van der Waals surface area (Å²) in [5, 5.41) is 0.876. The van der Waals surface area contributed by atoms with Gasteiger partial charge in [0.1, 0.15) is 0 Å². The van der Waals surface area contributed by atoms with Crippen molar-refractivity contribution < 1.29 is 9.53 Å². The van der Waals surface area contributed by atoms with Gasteiger partial charge in [0.2, 0.25) is 0 Å². The number of carbonyl (C=O) groups is 1. The summed E-state index contributed by atoms with van der Waals surface area (Å²) in [5.41, 5.74) is 0.423. The Morgan fingerprint density at radius 1 is 1.31 bits per heavy atom. The van der Waals surface area contributed by atoms with Gasteiger partial charge in [0.15, 0.2) is 5.69 Å². The second kappa shape index (κ2) is 4.35. The van der Waals surface area contributed by atoms with E-state index < -0.39 is 0 Å². The van der Waals surface area contributed by atoms with E-state index in [0.29, 0.717) is 5.69 Å². The predicted molar refractivity (Wildman–Crippen MR) is 66.2 cm³/mol. The van der Waals surface area contributed by atoms with Crippen LogP contribution in [0, 0.1) is 13.8 Å². The van der Waals surface area contributed by atoms with Gasteiger partial charge in [-0.15, -0.1) is 22.7 Å². The highest BCUT2D eigenvalue weighted by molar-refractivity contribution is 7.22. The summed E-state index contributed by atoms with van der Waals surface area (Å²) in [6, 6.07) is 4.05. The Bertz CT molecular complexity index is 528. The number of hydrogen-bond acceptors (Lipinski definition) is 5. The lowest BCUT2D eigenvalue weighted by molar-refractivity contribution is 0.0595. The molecule has 0 fully saturated rings. The summed E-state index contributed by atoms with van der Waals surface area (Å²) in [5.74, 6) is -0.370. The number of thiophene rings is 1. The van der Waals surface area contributed by atoms with Crippen LogP contribution in [0.4, 0.5) is 0 Å². The molecule has 0 atom stereocenters. The molecular weight excluding hydrogens is 242 g/mol. The monoisotopic (exact) mass is 253 g/mol. The van der Waals surface area contributed by atoms with Gasteiger partial charge in [-0.25, -0.2) is 9.78 Å². The van der Waals surface area contributed by atoms with Crippen LogP contribution in [0.5, 0.6) is 0 Å². The molecule has 5 heteroatoms. The number of thiazole rings is 1. The van der Waals surface area contributed by atoms with Crippen LogP contribution in [0.2, 0.25) is 0 Å². The lowest BCUT2D eigenvalue weighted by atomic mass is 10.3. The Kier molecular flexibility index (Phi) is 3.07. The van der Waals surface area contributed by atoms with Crippen molar-refractivity contribution in [3.63, 3.8) is 0 Å². The maximum absolute atomic E-state index is 11.6. The fourth-order valence-corrected chi connectivity index (χ4v) is 3.27. The number of aryl methyl sites for hydroxylation is 2. The van der Waals surface area contributed by atoms with E-state index in [1.54, 1.807) is 11.3 Å². The minimum atomic E-state index is -0.370. The van der Waals surface area contributed by atoms with Crippen LogP contribution < -0.4 is 0 Å². The molecule has 2 aromatic rings. The van der Waals surface area contributed by atoms with E-state index in [2.05, 4.69) is 4.98 Å². The zero-order valence-electron chi connectivity index (χ0n) is 9.23. The molecule has 0 saturated heterocycles. The number of carbonyl (C=O) groups excluding carboxylic acids is 1. The second-order valence-electron chi connectivity index (χ2n) is 3.31. The van der Waals surface area contributed by atoms with Crippen LogP contribution in [-0.4, -0.2) is 18.1 Å². The number of hydrogen-bond donors (Lipinski definition) is 0. The molecule has 2 heterocycles. The van der Waals surface area contributed by atoms with Crippen LogP contribution in [-0.2, 0) is 4.74 Å². The molecule has 2 rings (SSSR count). The Morgan fingerprint density at radius 2 is 2.06 bits per heavy atom. The molecule has 0 aromatic carbocycles. The summed E-state index contributed by atoms with van der Waals surface area (Å²) >= 11 is 3.18. The molecular formula is C11H11NO2S2. The van der Waals surface area contributed by atoms with Gasteiger partial charge in [0.25, 0.3) is 0 Å². The molecule has 84 valence electrons. The van der Waals surface area contributed by atoms with E-state index >= 15 is 0 Å². The number of ether oxygens (including phenoxy) is 1. The highest BCUT2D eigenvalue weighted by Gasteiger charge is 2.19. The average Bonchev–Trinajstić information content (AvgIpc) is 2.83. The molecule has 0 bridgehead atoms. The van der Waals surface area contributed by atoms with Crippen molar-refractivity contribution in [2.45, 2.75) is 13.8 Å². The topological polar surface area (TPSA) is 39.2 Å². The van der Waals surface area contributed by atoms with Crippen LogP contribution >= 0.6 is 22.7 Å². The van der Waals surface area contributed by atoms with Gasteiger partial charge < -0.3 is 4.74 Å². The smallest absolute Gasteiger partial charge is 0.358 e. The van der Waals surface area contributed by atoms with Gasteiger partial charge in [-0.1, -0.05) is 0 Å². The van der Waals surface area contributed by atoms with E-state index in [-0.39, 0.29) is 5.97 Å². The average molecular weight is 253 g/mol. The minimum Gasteiger partial charge on any atom is -0.464 e. The van der Waals surface area contributed by atoms with Gasteiger partial charge in [0, 0.05) is 9.75 Å². The first kappa shape index (κ1) is 11.3. The fraction of sp³-hybridized carbons (Fsp3) is 0.273. The zero-order chi connectivity index (χ0) is 11.7. The summed E-state index contributed by atoms with van der Waals surface area (Å²) in [6.07, 6.45) is 0. The summed E-state index contributed by atoms with van der Waals surface area (Å²) in [6.45, 7) is 3.93. The SMILES string of the molecule is COC(=O)c1nc(C)sc1-c1ccc(C)s1. The number of rotatable bonds is 2. The van der Waals surface area contributed by atoms with E-state index in [1.807, 2.05) is 26.0 Å². The Balaban J connectivity index is 2.52. The molecule has 0 unspecified atom stereocenters. The number of nitrogens with zero attached hydrogens (tertiary/aromatic N) is 1. The maximum atomic E-state index is 11.6. The van der Waals surface area contributed by atoms with E-state index in [1.165, 1.54) is 23.3 Å². The molecule has 0 aliphatic heterocycles. The number of methoxy groups -OCH3 is 1. The maximum Gasteiger partial charge on any atom is 0.358 e. The van der Waals surface area contributed by atoms with Crippen LogP contribution in [0.3, 0.4) is 0 Å². The molecule has 0 saturated carbocycles. The molecule has 2 aromatic heterocycles. The van der Waals surface area contributed by atoms with E-state index in [0.717, 1.165) is 14.8 Å². The Labute approximate surface area is 102 Å². The summed E-state index contributed by atoms with van der Waals surface area (Å²) in [7, 11) is 1.38. The standard InChI is InChI=1S/C11H11NO2S2/c1-6-4-5-8(15-6)10-9(11(13)14-3)12-7(2)16-10/h4-5H,1-3H3. The third-order valence-corrected chi connectivity index (χ3v) is 4.23. The summed E-state index contributed by atoms with van der Waals surface area (Å²) < 4.78 is 4.73. The van der Waals surface area contributed by atoms with Gasteiger partial charge in [-0.2, -0.15) is 0 Å². The highest BCUT2D eigenvalue weighted by Crippen LogP contribution is 2.35. The van der Waals surface area contributed by atoms with Gasteiger partial charge >= 0.3 is 5.97 Å². The molecule has 0 N–H and O–H groups in total.